The standard InChI is InChI=1S/C11H14N2/c1-9(2)7-13-8-10-5-3-4-6-11(10)12/h3-8H,12H2,1-2H3. The van der Waals surface area contributed by atoms with E-state index < -0.39 is 0 Å². The van der Waals surface area contributed by atoms with Crippen LogP contribution in [0.25, 0.3) is 0 Å². The van der Waals surface area contributed by atoms with Gasteiger partial charge in [0.05, 0.1) is 0 Å². The molecule has 68 valence electrons. The summed E-state index contributed by atoms with van der Waals surface area (Å²) in [6, 6.07) is 7.66. The highest BCUT2D eigenvalue weighted by molar-refractivity contribution is 5.87. The molecule has 0 bridgehead atoms. The van der Waals surface area contributed by atoms with Crippen molar-refractivity contribution >= 4 is 11.9 Å². The lowest BCUT2D eigenvalue weighted by atomic mass is 10.2. The van der Waals surface area contributed by atoms with E-state index in [9.17, 15) is 0 Å². The number of rotatable bonds is 2. The third kappa shape index (κ3) is 3.11. The molecule has 0 amide bonds. The molecule has 1 aromatic rings. The fourth-order valence-electron chi connectivity index (χ4n) is 0.895. The number of nitrogens with two attached hydrogens (primary N) is 1. The Kier molecular flexibility index (Phi) is 3.26. The SMILES string of the molecule is CC(C)=CN=Cc1ccccc1N. The van der Waals surface area contributed by atoms with Crippen molar-refractivity contribution in [3.63, 3.8) is 0 Å². The van der Waals surface area contributed by atoms with Crippen LogP contribution in [-0.4, -0.2) is 6.21 Å². The van der Waals surface area contributed by atoms with Crippen molar-refractivity contribution in [1.82, 2.24) is 0 Å². The molecule has 0 unspecified atom stereocenters. The van der Waals surface area contributed by atoms with Crippen molar-refractivity contribution in [1.29, 1.82) is 0 Å². The Morgan fingerprint density at radius 3 is 2.62 bits per heavy atom. The molecule has 13 heavy (non-hydrogen) atoms. The van der Waals surface area contributed by atoms with Gasteiger partial charge in [-0.3, -0.25) is 4.99 Å². The lowest BCUT2D eigenvalue weighted by Gasteiger charge is -1.96. The van der Waals surface area contributed by atoms with Gasteiger partial charge in [-0.05, 0) is 19.9 Å². The largest absolute Gasteiger partial charge is 0.398 e. The fourth-order valence-corrected chi connectivity index (χ4v) is 0.895. The topological polar surface area (TPSA) is 38.4 Å². The van der Waals surface area contributed by atoms with Crippen LogP contribution in [0.5, 0.6) is 0 Å². The number of anilines is 1. The second kappa shape index (κ2) is 4.45. The maximum atomic E-state index is 5.73. The van der Waals surface area contributed by atoms with Crippen molar-refractivity contribution in [2.24, 2.45) is 4.99 Å². The third-order valence-electron chi connectivity index (χ3n) is 1.54. The number of benzene rings is 1. The number of para-hydroxylation sites is 1. The van der Waals surface area contributed by atoms with Crippen LogP contribution in [0.3, 0.4) is 0 Å². The summed E-state index contributed by atoms with van der Waals surface area (Å²) >= 11 is 0. The molecule has 0 saturated carbocycles. The van der Waals surface area contributed by atoms with Gasteiger partial charge < -0.3 is 5.73 Å². The molecule has 0 fully saturated rings. The van der Waals surface area contributed by atoms with Crippen molar-refractivity contribution in [2.75, 3.05) is 5.73 Å². The molecule has 2 N–H and O–H groups in total. The smallest absolute Gasteiger partial charge is 0.0403 e. The van der Waals surface area contributed by atoms with Gasteiger partial charge in [0, 0.05) is 23.7 Å². The highest BCUT2D eigenvalue weighted by Gasteiger charge is 1.90. The number of nitrogens with zero attached hydrogens (tertiary/aromatic N) is 1. The molecule has 0 heterocycles. The Morgan fingerprint density at radius 1 is 1.31 bits per heavy atom. The van der Waals surface area contributed by atoms with Crippen LogP contribution in [0.15, 0.2) is 41.0 Å². The van der Waals surface area contributed by atoms with Gasteiger partial charge >= 0.3 is 0 Å². The third-order valence-corrected chi connectivity index (χ3v) is 1.54. The first-order valence-electron chi connectivity index (χ1n) is 4.21. The average molecular weight is 174 g/mol. The minimum Gasteiger partial charge on any atom is -0.398 e. The van der Waals surface area contributed by atoms with Gasteiger partial charge in [0.2, 0.25) is 0 Å². The second-order valence-electron chi connectivity index (χ2n) is 3.11. The van der Waals surface area contributed by atoms with Crippen molar-refractivity contribution in [2.45, 2.75) is 13.8 Å². The number of hydrogen-bond acceptors (Lipinski definition) is 2. The fraction of sp³-hybridized carbons (Fsp3) is 0.182. The molecule has 2 heteroatoms. The van der Waals surface area contributed by atoms with Gasteiger partial charge in [0.15, 0.2) is 0 Å². The molecule has 0 atom stereocenters. The predicted octanol–water partition coefficient (Wildman–Crippen LogP) is 2.61. The molecule has 0 radical (unpaired) electrons. The van der Waals surface area contributed by atoms with E-state index in [0.717, 1.165) is 11.3 Å². The highest BCUT2D eigenvalue weighted by Crippen LogP contribution is 2.07. The normalized spacial score (nSPS) is 10.3. The number of allylic oxidation sites excluding steroid dienone is 1. The van der Waals surface area contributed by atoms with Crippen molar-refractivity contribution in [3.8, 4) is 0 Å². The predicted molar refractivity (Wildman–Crippen MR) is 57.9 cm³/mol. The van der Waals surface area contributed by atoms with Gasteiger partial charge in [-0.2, -0.15) is 0 Å². The molecule has 0 saturated heterocycles. The maximum absolute atomic E-state index is 5.73. The number of nitrogen functional groups attached to an aromatic ring is 1. The first kappa shape index (κ1) is 9.52. The molecule has 2 nitrogen and oxygen atoms in total. The average Bonchev–Trinajstić information content (AvgIpc) is 2.08. The monoisotopic (exact) mass is 174 g/mol. The quantitative estimate of drug-likeness (QED) is 0.543. The van der Waals surface area contributed by atoms with E-state index in [2.05, 4.69) is 4.99 Å². The minimum atomic E-state index is 0.758. The minimum absolute atomic E-state index is 0.758. The Hall–Kier alpha value is -1.57. The maximum Gasteiger partial charge on any atom is 0.0403 e. The molecule has 0 spiro atoms. The molecular weight excluding hydrogens is 160 g/mol. The van der Waals surface area contributed by atoms with Gasteiger partial charge in [0.1, 0.15) is 0 Å². The van der Waals surface area contributed by atoms with E-state index in [1.807, 2.05) is 44.3 Å². The molecule has 0 aliphatic rings. The van der Waals surface area contributed by atoms with Crippen LogP contribution in [0.4, 0.5) is 5.69 Å². The van der Waals surface area contributed by atoms with E-state index in [-0.39, 0.29) is 0 Å². The van der Waals surface area contributed by atoms with Crippen LogP contribution < -0.4 is 5.73 Å². The zero-order valence-electron chi connectivity index (χ0n) is 7.99. The zero-order valence-corrected chi connectivity index (χ0v) is 7.99. The van der Waals surface area contributed by atoms with Crippen molar-refractivity contribution in [3.05, 3.63) is 41.6 Å². The first-order chi connectivity index (χ1) is 6.20. The molecule has 0 aromatic heterocycles. The lowest BCUT2D eigenvalue weighted by molar-refractivity contribution is 1.34. The van der Waals surface area contributed by atoms with Crippen LogP contribution in [0.1, 0.15) is 19.4 Å². The Bertz CT molecular complexity index is 334. The van der Waals surface area contributed by atoms with Gasteiger partial charge in [0.25, 0.3) is 0 Å². The summed E-state index contributed by atoms with van der Waals surface area (Å²) in [5, 5.41) is 0. The van der Waals surface area contributed by atoms with Gasteiger partial charge in [-0.1, -0.05) is 23.8 Å². The summed E-state index contributed by atoms with van der Waals surface area (Å²) < 4.78 is 0. The van der Waals surface area contributed by atoms with Crippen LogP contribution in [0, 0.1) is 0 Å². The molecule has 0 aliphatic heterocycles. The summed E-state index contributed by atoms with van der Waals surface area (Å²) in [7, 11) is 0. The molecule has 1 aromatic carbocycles. The van der Waals surface area contributed by atoms with E-state index in [1.54, 1.807) is 6.21 Å². The summed E-state index contributed by atoms with van der Waals surface area (Å²) in [5.74, 6) is 0. The van der Waals surface area contributed by atoms with Crippen LogP contribution in [0.2, 0.25) is 0 Å². The summed E-state index contributed by atoms with van der Waals surface area (Å²) in [6.45, 7) is 4.01. The molecular formula is C11H14N2. The highest BCUT2D eigenvalue weighted by atomic mass is 14.7. The van der Waals surface area contributed by atoms with Gasteiger partial charge in [-0.25, -0.2) is 0 Å². The van der Waals surface area contributed by atoms with Crippen molar-refractivity contribution < 1.29 is 0 Å². The van der Waals surface area contributed by atoms with Gasteiger partial charge in [-0.15, -0.1) is 0 Å². The Morgan fingerprint density at radius 2 is 2.00 bits per heavy atom. The molecule has 0 aliphatic carbocycles. The van der Waals surface area contributed by atoms with E-state index in [0.29, 0.717) is 0 Å². The van der Waals surface area contributed by atoms with E-state index in [4.69, 9.17) is 5.73 Å². The number of aliphatic imine (C=N–C) groups is 1. The first-order valence-corrected chi connectivity index (χ1v) is 4.21. The molecule has 1 rings (SSSR count). The second-order valence-corrected chi connectivity index (χ2v) is 3.11. The van der Waals surface area contributed by atoms with Crippen LogP contribution in [-0.2, 0) is 0 Å². The zero-order chi connectivity index (χ0) is 9.68. The van der Waals surface area contributed by atoms with Crippen LogP contribution >= 0.6 is 0 Å². The lowest BCUT2D eigenvalue weighted by Crippen LogP contribution is -1.91. The van der Waals surface area contributed by atoms with E-state index >= 15 is 0 Å². The number of hydrogen-bond donors (Lipinski definition) is 1. The Labute approximate surface area is 78.8 Å². The van der Waals surface area contributed by atoms with E-state index in [1.165, 1.54) is 5.57 Å². The summed E-state index contributed by atoms with van der Waals surface area (Å²) in [5.41, 5.74) is 8.61. The Balaban J connectivity index is 2.80. The summed E-state index contributed by atoms with van der Waals surface area (Å²) in [4.78, 5) is 4.13. The summed E-state index contributed by atoms with van der Waals surface area (Å²) in [6.07, 6.45) is 3.58.